The van der Waals surface area contributed by atoms with Gasteiger partial charge in [-0.2, -0.15) is 0 Å². The average molecular weight is 340 g/mol. The number of fused-ring (bicyclic) bond motifs is 1. The quantitative estimate of drug-likeness (QED) is 0.863. The van der Waals surface area contributed by atoms with Gasteiger partial charge in [-0.05, 0) is 43.9 Å². The Hall–Kier alpha value is -1.97. The van der Waals surface area contributed by atoms with E-state index in [0.717, 1.165) is 16.6 Å². The molecule has 2 saturated carbocycles. The Kier molecular flexibility index (Phi) is 4.69. The topological polar surface area (TPSA) is 43.3 Å². The van der Waals surface area contributed by atoms with Gasteiger partial charge in [0, 0.05) is 23.2 Å². The van der Waals surface area contributed by atoms with E-state index in [1.165, 1.54) is 57.8 Å². The first-order valence-electron chi connectivity index (χ1n) is 9.75. The largest absolute Gasteiger partial charge is 0.491 e. The second-order valence-corrected chi connectivity index (χ2v) is 7.58. The van der Waals surface area contributed by atoms with Crippen LogP contribution in [0.2, 0.25) is 0 Å². The van der Waals surface area contributed by atoms with Gasteiger partial charge < -0.3 is 14.6 Å². The molecule has 25 heavy (non-hydrogen) atoms. The molecule has 2 aromatic rings. The van der Waals surface area contributed by atoms with Gasteiger partial charge in [-0.1, -0.05) is 32.1 Å². The lowest BCUT2D eigenvalue weighted by Crippen LogP contribution is -2.22. The first kappa shape index (κ1) is 16.5. The van der Waals surface area contributed by atoms with E-state index in [0.29, 0.717) is 17.8 Å². The minimum Gasteiger partial charge on any atom is -0.491 e. The third kappa shape index (κ3) is 3.26. The van der Waals surface area contributed by atoms with Gasteiger partial charge in [0.1, 0.15) is 0 Å². The zero-order valence-corrected chi connectivity index (χ0v) is 15.1. The summed E-state index contributed by atoms with van der Waals surface area (Å²) in [5.74, 6) is 0.451. The van der Waals surface area contributed by atoms with Crippen LogP contribution in [0.25, 0.3) is 10.9 Å². The van der Waals surface area contributed by atoms with Gasteiger partial charge in [0.05, 0.1) is 18.8 Å². The molecule has 0 amide bonds. The number of rotatable bonds is 4. The average Bonchev–Trinajstić information content (AvgIpc) is 3.17. The highest BCUT2D eigenvalue weighted by Crippen LogP contribution is 2.33. The predicted octanol–water partition coefficient (Wildman–Crippen LogP) is 4.87. The Balaban J connectivity index is 1.76. The molecule has 0 saturated heterocycles. The highest BCUT2D eigenvalue weighted by molar-refractivity contribution is 5.84. The van der Waals surface area contributed by atoms with Crippen molar-refractivity contribution < 1.29 is 4.74 Å². The molecule has 1 heterocycles. The van der Waals surface area contributed by atoms with Crippen molar-refractivity contribution in [2.45, 2.75) is 69.9 Å². The molecule has 1 aromatic heterocycles. The summed E-state index contributed by atoms with van der Waals surface area (Å²) in [4.78, 5) is 12.7. The SMILES string of the molecule is COc1cn(C2CCCC2)c2cc(NC3CCCCC3)ccc2c1=O. The van der Waals surface area contributed by atoms with Crippen molar-refractivity contribution in [1.29, 1.82) is 0 Å². The summed E-state index contributed by atoms with van der Waals surface area (Å²) in [5, 5.41) is 4.46. The third-order valence-electron chi connectivity index (χ3n) is 5.91. The number of hydrogen-bond acceptors (Lipinski definition) is 3. The van der Waals surface area contributed by atoms with Crippen LogP contribution in [0.15, 0.2) is 29.2 Å². The number of pyridine rings is 1. The van der Waals surface area contributed by atoms with Crippen LogP contribution in [0, 0.1) is 0 Å². The molecule has 0 bridgehead atoms. The molecule has 2 aliphatic rings. The Morgan fingerprint density at radius 2 is 1.76 bits per heavy atom. The fourth-order valence-electron chi connectivity index (χ4n) is 4.53. The number of benzene rings is 1. The normalized spacial score (nSPS) is 19.4. The maximum Gasteiger partial charge on any atom is 0.231 e. The lowest BCUT2D eigenvalue weighted by molar-refractivity contribution is 0.402. The molecule has 4 rings (SSSR count). The molecule has 2 fully saturated rings. The highest BCUT2D eigenvalue weighted by Gasteiger charge is 2.21. The zero-order valence-electron chi connectivity index (χ0n) is 15.1. The number of nitrogens with zero attached hydrogens (tertiary/aromatic N) is 1. The monoisotopic (exact) mass is 340 g/mol. The maximum absolute atomic E-state index is 12.7. The van der Waals surface area contributed by atoms with Crippen LogP contribution in [0.5, 0.6) is 5.75 Å². The molecule has 2 aliphatic carbocycles. The number of hydrogen-bond donors (Lipinski definition) is 1. The summed E-state index contributed by atoms with van der Waals surface area (Å²) in [7, 11) is 1.58. The van der Waals surface area contributed by atoms with Crippen LogP contribution in [0.1, 0.15) is 63.8 Å². The molecule has 0 aliphatic heterocycles. The summed E-state index contributed by atoms with van der Waals surface area (Å²) in [5.41, 5.74) is 2.17. The Labute approximate surface area is 149 Å². The summed E-state index contributed by atoms with van der Waals surface area (Å²) >= 11 is 0. The van der Waals surface area contributed by atoms with Crippen LogP contribution in [-0.2, 0) is 0 Å². The van der Waals surface area contributed by atoms with Crippen molar-refractivity contribution in [3.8, 4) is 5.75 Å². The van der Waals surface area contributed by atoms with Crippen molar-refractivity contribution in [1.82, 2.24) is 4.57 Å². The molecule has 134 valence electrons. The van der Waals surface area contributed by atoms with E-state index in [4.69, 9.17) is 4.74 Å². The Morgan fingerprint density at radius 1 is 1.04 bits per heavy atom. The number of ether oxygens (including phenoxy) is 1. The number of nitrogens with one attached hydrogen (secondary N) is 1. The van der Waals surface area contributed by atoms with Gasteiger partial charge in [0.25, 0.3) is 0 Å². The van der Waals surface area contributed by atoms with E-state index < -0.39 is 0 Å². The van der Waals surface area contributed by atoms with Gasteiger partial charge in [0.15, 0.2) is 5.75 Å². The van der Waals surface area contributed by atoms with Crippen LogP contribution >= 0.6 is 0 Å². The van der Waals surface area contributed by atoms with E-state index in [2.05, 4.69) is 22.0 Å². The van der Waals surface area contributed by atoms with E-state index >= 15 is 0 Å². The maximum atomic E-state index is 12.7. The minimum atomic E-state index is -0.00374. The molecule has 0 radical (unpaired) electrons. The molecule has 1 aromatic carbocycles. The van der Waals surface area contributed by atoms with Crippen LogP contribution in [-0.4, -0.2) is 17.7 Å². The fraction of sp³-hybridized carbons (Fsp3) is 0.571. The van der Waals surface area contributed by atoms with Crippen molar-refractivity contribution in [3.63, 3.8) is 0 Å². The van der Waals surface area contributed by atoms with Crippen LogP contribution in [0.3, 0.4) is 0 Å². The van der Waals surface area contributed by atoms with Gasteiger partial charge in [0.2, 0.25) is 5.43 Å². The van der Waals surface area contributed by atoms with Crippen molar-refractivity contribution in [2.75, 3.05) is 12.4 Å². The molecule has 1 N–H and O–H groups in total. The molecular weight excluding hydrogens is 312 g/mol. The summed E-state index contributed by atoms with van der Waals surface area (Å²) in [6, 6.07) is 7.23. The van der Waals surface area contributed by atoms with E-state index in [1.54, 1.807) is 7.11 Å². The van der Waals surface area contributed by atoms with E-state index in [1.807, 2.05) is 12.3 Å². The number of aromatic nitrogens is 1. The first-order chi connectivity index (χ1) is 12.3. The second kappa shape index (κ2) is 7.11. The number of anilines is 1. The lowest BCUT2D eigenvalue weighted by atomic mass is 9.95. The lowest BCUT2D eigenvalue weighted by Gasteiger charge is -2.25. The smallest absolute Gasteiger partial charge is 0.231 e. The third-order valence-corrected chi connectivity index (χ3v) is 5.91. The first-order valence-corrected chi connectivity index (χ1v) is 9.75. The molecule has 4 heteroatoms. The Bertz CT molecular complexity index is 799. The van der Waals surface area contributed by atoms with Gasteiger partial charge in [-0.15, -0.1) is 0 Å². The van der Waals surface area contributed by atoms with Crippen LogP contribution < -0.4 is 15.5 Å². The molecule has 0 unspecified atom stereocenters. The van der Waals surface area contributed by atoms with E-state index in [-0.39, 0.29) is 5.43 Å². The van der Waals surface area contributed by atoms with Gasteiger partial charge >= 0.3 is 0 Å². The van der Waals surface area contributed by atoms with Gasteiger partial charge in [-0.25, -0.2) is 0 Å². The molecule has 4 nitrogen and oxygen atoms in total. The zero-order chi connectivity index (χ0) is 17.2. The van der Waals surface area contributed by atoms with E-state index in [9.17, 15) is 4.79 Å². The fourth-order valence-corrected chi connectivity index (χ4v) is 4.53. The number of methoxy groups -OCH3 is 1. The molecule has 0 spiro atoms. The van der Waals surface area contributed by atoms with Crippen molar-refractivity contribution >= 4 is 16.6 Å². The molecular formula is C21H28N2O2. The van der Waals surface area contributed by atoms with Crippen molar-refractivity contribution in [2.24, 2.45) is 0 Å². The Morgan fingerprint density at radius 3 is 2.48 bits per heavy atom. The summed E-state index contributed by atoms with van der Waals surface area (Å²) < 4.78 is 7.64. The molecule has 0 atom stereocenters. The minimum absolute atomic E-state index is 0.00374. The summed E-state index contributed by atoms with van der Waals surface area (Å²) in [6.07, 6.45) is 13.3. The second-order valence-electron chi connectivity index (χ2n) is 7.58. The van der Waals surface area contributed by atoms with Crippen LogP contribution in [0.4, 0.5) is 5.69 Å². The van der Waals surface area contributed by atoms with Crippen molar-refractivity contribution in [3.05, 3.63) is 34.6 Å². The highest BCUT2D eigenvalue weighted by atomic mass is 16.5. The predicted molar refractivity (Wildman–Crippen MR) is 103 cm³/mol. The standard InChI is InChI=1S/C21H28N2O2/c1-25-20-14-23(17-9-5-6-10-17)19-13-16(11-12-18(19)21(20)24)22-15-7-3-2-4-8-15/h11-15,17,22H,2-10H2,1H3. The summed E-state index contributed by atoms with van der Waals surface area (Å²) in [6.45, 7) is 0. The van der Waals surface area contributed by atoms with Gasteiger partial charge in [-0.3, -0.25) is 4.79 Å².